The summed E-state index contributed by atoms with van der Waals surface area (Å²) in [7, 11) is 1.63. The van der Waals surface area contributed by atoms with Crippen molar-refractivity contribution in [1.29, 1.82) is 0 Å². The van der Waals surface area contributed by atoms with Crippen molar-refractivity contribution in [3.63, 3.8) is 0 Å². The van der Waals surface area contributed by atoms with Gasteiger partial charge < -0.3 is 14.3 Å². The van der Waals surface area contributed by atoms with Crippen LogP contribution in [0.4, 0.5) is 5.69 Å². The van der Waals surface area contributed by atoms with E-state index >= 15 is 0 Å². The van der Waals surface area contributed by atoms with Gasteiger partial charge in [0.15, 0.2) is 0 Å². The first kappa shape index (κ1) is 15.7. The van der Waals surface area contributed by atoms with E-state index in [4.69, 9.17) is 4.42 Å². The van der Waals surface area contributed by atoms with E-state index in [2.05, 4.69) is 10.3 Å². The third kappa shape index (κ3) is 3.12. The lowest BCUT2D eigenvalue weighted by Crippen LogP contribution is -2.20. The molecule has 3 aromatic rings. The van der Waals surface area contributed by atoms with Crippen molar-refractivity contribution in [1.82, 2.24) is 9.55 Å². The number of carbonyl (C=O) groups excluding carboxylic acids is 1. The Morgan fingerprint density at radius 3 is 2.67 bits per heavy atom. The maximum atomic E-state index is 12.3. The summed E-state index contributed by atoms with van der Waals surface area (Å²) >= 11 is 0. The molecule has 0 unspecified atom stereocenters. The predicted molar refractivity (Wildman–Crippen MR) is 91.0 cm³/mol. The van der Waals surface area contributed by atoms with Crippen LogP contribution in [0, 0.1) is 13.8 Å². The number of aryl methyl sites for hydroxylation is 3. The highest BCUT2D eigenvalue weighted by molar-refractivity contribution is 6.04. The number of amides is 1. The molecule has 0 spiro atoms. The van der Waals surface area contributed by atoms with Crippen LogP contribution in [0.25, 0.3) is 11.5 Å². The standard InChI is InChI=1S/C18H17N3O3/c1-11-4-5-14(9-15(11)18-19-12(2)10-24-18)20-17(23)13-6-7-21(3)16(22)8-13/h4-10H,1-3H3,(H,20,23). The number of pyridine rings is 1. The van der Waals surface area contributed by atoms with Gasteiger partial charge in [0.25, 0.3) is 11.5 Å². The molecule has 0 atom stereocenters. The van der Waals surface area contributed by atoms with Gasteiger partial charge in [-0.1, -0.05) is 6.07 Å². The van der Waals surface area contributed by atoms with Crippen LogP contribution in [0.3, 0.4) is 0 Å². The van der Waals surface area contributed by atoms with Crippen molar-refractivity contribution in [2.45, 2.75) is 13.8 Å². The van der Waals surface area contributed by atoms with Crippen molar-refractivity contribution in [2.75, 3.05) is 5.32 Å². The van der Waals surface area contributed by atoms with Gasteiger partial charge in [-0.15, -0.1) is 0 Å². The van der Waals surface area contributed by atoms with Gasteiger partial charge in [0.2, 0.25) is 5.89 Å². The van der Waals surface area contributed by atoms with Gasteiger partial charge in [0.1, 0.15) is 6.26 Å². The van der Waals surface area contributed by atoms with E-state index < -0.39 is 0 Å². The summed E-state index contributed by atoms with van der Waals surface area (Å²) < 4.78 is 6.85. The number of anilines is 1. The molecule has 3 rings (SSSR count). The molecule has 0 saturated heterocycles. The molecule has 1 amide bonds. The molecule has 0 aliphatic heterocycles. The summed E-state index contributed by atoms with van der Waals surface area (Å²) in [5, 5.41) is 2.79. The molecule has 0 saturated carbocycles. The van der Waals surface area contributed by atoms with Crippen LogP contribution in [0.15, 0.2) is 52.0 Å². The SMILES string of the molecule is Cc1coc(-c2cc(NC(=O)c3ccn(C)c(=O)c3)ccc2C)n1. The molecular formula is C18H17N3O3. The Morgan fingerprint density at radius 1 is 1.21 bits per heavy atom. The van der Waals surface area contributed by atoms with E-state index in [-0.39, 0.29) is 11.5 Å². The fourth-order valence-electron chi connectivity index (χ4n) is 2.30. The van der Waals surface area contributed by atoms with Crippen LogP contribution < -0.4 is 10.9 Å². The molecular weight excluding hydrogens is 306 g/mol. The number of hydrogen-bond donors (Lipinski definition) is 1. The van der Waals surface area contributed by atoms with Crippen molar-refractivity contribution in [3.8, 4) is 11.5 Å². The Bertz CT molecular complexity index is 970. The normalized spacial score (nSPS) is 10.6. The second-order valence-electron chi connectivity index (χ2n) is 5.64. The first-order valence-corrected chi connectivity index (χ1v) is 7.45. The summed E-state index contributed by atoms with van der Waals surface area (Å²) in [5.74, 6) is 0.167. The van der Waals surface area contributed by atoms with Crippen molar-refractivity contribution < 1.29 is 9.21 Å². The van der Waals surface area contributed by atoms with Crippen LogP contribution in [0.2, 0.25) is 0 Å². The summed E-state index contributed by atoms with van der Waals surface area (Å²) in [6.45, 7) is 3.80. The quantitative estimate of drug-likeness (QED) is 0.804. The van der Waals surface area contributed by atoms with Crippen LogP contribution in [-0.4, -0.2) is 15.5 Å². The summed E-state index contributed by atoms with van der Waals surface area (Å²) in [5.41, 5.74) is 3.28. The molecule has 0 bridgehead atoms. The van der Waals surface area contributed by atoms with Crippen LogP contribution in [0.1, 0.15) is 21.6 Å². The van der Waals surface area contributed by atoms with Gasteiger partial charge in [-0.3, -0.25) is 9.59 Å². The molecule has 0 fully saturated rings. The minimum Gasteiger partial charge on any atom is -0.444 e. The largest absolute Gasteiger partial charge is 0.444 e. The number of oxazole rings is 1. The molecule has 6 nitrogen and oxygen atoms in total. The van der Waals surface area contributed by atoms with E-state index in [1.807, 2.05) is 19.9 Å². The predicted octanol–water partition coefficient (Wildman–Crippen LogP) is 2.91. The number of hydrogen-bond acceptors (Lipinski definition) is 4. The molecule has 6 heteroatoms. The van der Waals surface area contributed by atoms with Gasteiger partial charge in [-0.2, -0.15) is 0 Å². The molecule has 0 aliphatic carbocycles. The van der Waals surface area contributed by atoms with Crippen molar-refractivity contribution in [2.24, 2.45) is 7.05 Å². The maximum Gasteiger partial charge on any atom is 0.255 e. The second kappa shape index (κ2) is 6.16. The lowest BCUT2D eigenvalue weighted by atomic mass is 10.1. The van der Waals surface area contributed by atoms with Gasteiger partial charge in [0.05, 0.1) is 5.69 Å². The third-order valence-electron chi connectivity index (χ3n) is 3.71. The van der Waals surface area contributed by atoms with Gasteiger partial charge >= 0.3 is 0 Å². The van der Waals surface area contributed by atoms with E-state index in [1.165, 1.54) is 10.6 Å². The summed E-state index contributed by atoms with van der Waals surface area (Å²) in [6.07, 6.45) is 3.15. The molecule has 1 N–H and O–H groups in total. The highest BCUT2D eigenvalue weighted by atomic mass is 16.3. The summed E-state index contributed by atoms with van der Waals surface area (Å²) in [4.78, 5) is 28.3. The maximum absolute atomic E-state index is 12.3. The monoisotopic (exact) mass is 323 g/mol. The Kier molecular flexibility index (Phi) is 4.04. The zero-order valence-electron chi connectivity index (χ0n) is 13.7. The lowest BCUT2D eigenvalue weighted by Gasteiger charge is -2.08. The number of nitrogens with zero attached hydrogens (tertiary/aromatic N) is 2. The Hall–Kier alpha value is -3.15. The smallest absolute Gasteiger partial charge is 0.255 e. The lowest BCUT2D eigenvalue weighted by molar-refractivity contribution is 0.102. The van der Waals surface area contributed by atoms with E-state index in [1.54, 1.807) is 37.7 Å². The summed E-state index contributed by atoms with van der Waals surface area (Å²) in [6, 6.07) is 8.40. The number of aromatic nitrogens is 2. The highest BCUT2D eigenvalue weighted by Gasteiger charge is 2.12. The Balaban J connectivity index is 1.89. The van der Waals surface area contributed by atoms with Gasteiger partial charge in [-0.25, -0.2) is 4.98 Å². The fourth-order valence-corrected chi connectivity index (χ4v) is 2.30. The molecule has 122 valence electrons. The van der Waals surface area contributed by atoms with Crippen molar-refractivity contribution in [3.05, 3.63) is 70.0 Å². The van der Waals surface area contributed by atoms with Gasteiger partial charge in [-0.05, 0) is 37.6 Å². The second-order valence-corrected chi connectivity index (χ2v) is 5.64. The molecule has 2 heterocycles. The molecule has 2 aromatic heterocycles. The number of nitrogens with one attached hydrogen (secondary N) is 1. The first-order chi connectivity index (χ1) is 11.4. The van der Waals surface area contributed by atoms with Crippen LogP contribution in [0.5, 0.6) is 0 Å². The third-order valence-corrected chi connectivity index (χ3v) is 3.71. The topological polar surface area (TPSA) is 77.1 Å². The zero-order chi connectivity index (χ0) is 17.3. The van der Waals surface area contributed by atoms with E-state index in [0.717, 1.165) is 16.8 Å². The number of benzene rings is 1. The van der Waals surface area contributed by atoms with Crippen LogP contribution >= 0.6 is 0 Å². The first-order valence-electron chi connectivity index (χ1n) is 7.45. The van der Waals surface area contributed by atoms with Gasteiger partial charge in [0, 0.05) is 36.1 Å². The van der Waals surface area contributed by atoms with Crippen molar-refractivity contribution >= 4 is 11.6 Å². The highest BCUT2D eigenvalue weighted by Crippen LogP contribution is 2.26. The van der Waals surface area contributed by atoms with Crippen LogP contribution in [-0.2, 0) is 7.05 Å². The number of carbonyl (C=O) groups is 1. The average Bonchev–Trinajstić information content (AvgIpc) is 2.98. The Labute approximate surface area is 138 Å². The zero-order valence-corrected chi connectivity index (χ0v) is 13.7. The van der Waals surface area contributed by atoms with E-state index in [9.17, 15) is 9.59 Å². The molecule has 1 aromatic carbocycles. The average molecular weight is 323 g/mol. The Morgan fingerprint density at radius 2 is 2.00 bits per heavy atom. The number of rotatable bonds is 3. The minimum absolute atomic E-state index is 0.234. The fraction of sp³-hybridized carbons (Fsp3) is 0.167. The molecule has 0 aliphatic rings. The molecule has 24 heavy (non-hydrogen) atoms. The molecule has 0 radical (unpaired) electrons. The van der Waals surface area contributed by atoms with E-state index in [0.29, 0.717) is 17.1 Å². The minimum atomic E-state index is -0.342.